The minimum Gasteiger partial charge on any atom is -0.368 e. The summed E-state index contributed by atoms with van der Waals surface area (Å²) in [6, 6.07) is 1.66. The molecule has 1 unspecified atom stereocenters. The lowest BCUT2D eigenvalue weighted by molar-refractivity contribution is -0.141. The fourth-order valence-electron chi connectivity index (χ4n) is 1.38. The second kappa shape index (κ2) is 6.69. The van der Waals surface area contributed by atoms with Crippen molar-refractivity contribution in [1.29, 1.82) is 0 Å². The highest BCUT2D eigenvalue weighted by Gasteiger charge is 2.33. The van der Waals surface area contributed by atoms with Gasteiger partial charge in [0.15, 0.2) is 0 Å². The molecule has 1 aromatic rings. The van der Waals surface area contributed by atoms with Crippen LogP contribution in [0.5, 0.6) is 0 Å². The molecule has 9 heteroatoms. The van der Waals surface area contributed by atoms with E-state index in [2.05, 4.69) is 10.3 Å². The van der Waals surface area contributed by atoms with Crippen LogP contribution in [-0.4, -0.2) is 33.2 Å². The average molecular weight is 309 g/mol. The molecule has 20 heavy (non-hydrogen) atoms. The van der Waals surface area contributed by atoms with Gasteiger partial charge in [0.25, 0.3) is 5.91 Å². The lowest BCUT2D eigenvalue weighted by atomic mass is 10.2. The van der Waals surface area contributed by atoms with Crippen molar-refractivity contribution in [2.24, 2.45) is 5.73 Å². The second-order valence-corrected chi connectivity index (χ2v) is 5.68. The van der Waals surface area contributed by atoms with Crippen LogP contribution in [0.2, 0.25) is 0 Å². The average Bonchev–Trinajstić information content (AvgIpc) is 2.37. The highest BCUT2D eigenvalue weighted by molar-refractivity contribution is 7.84. The van der Waals surface area contributed by atoms with Crippen molar-refractivity contribution in [2.75, 3.05) is 23.4 Å². The Balaban J connectivity index is 2.95. The maximum absolute atomic E-state index is 12.6. The van der Waals surface area contributed by atoms with Gasteiger partial charge in [-0.05, 0) is 12.1 Å². The van der Waals surface area contributed by atoms with Crippen molar-refractivity contribution >= 4 is 22.5 Å². The first-order chi connectivity index (χ1) is 9.25. The minimum atomic E-state index is -4.61. The van der Waals surface area contributed by atoms with E-state index in [1.807, 2.05) is 0 Å². The summed E-state index contributed by atoms with van der Waals surface area (Å²) in [6.45, 7) is 1.86. The van der Waals surface area contributed by atoms with Crippen LogP contribution in [0.15, 0.2) is 12.1 Å². The molecule has 112 valence electrons. The zero-order chi connectivity index (χ0) is 15.3. The number of anilines is 1. The number of nitrogens with two attached hydrogens (primary N) is 1. The molecule has 0 saturated carbocycles. The molecule has 1 rings (SSSR count). The van der Waals surface area contributed by atoms with Crippen molar-refractivity contribution < 1.29 is 22.2 Å². The van der Waals surface area contributed by atoms with E-state index in [0.29, 0.717) is 11.8 Å². The Morgan fingerprint density at radius 1 is 1.45 bits per heavy atom. The van der Waals surface area contributed by atoms with E-state index in [4.69, 9.17) is 5.73 Å². The predicted octanol–water partition coefficient (Wildman–Crippen LogP) is 1.38. The number of carbonyl (C=O) groups excluding carboxylic acids is 1. The third kappa shape index (κ3) is 4.48. The molecule has 1 aromatic heterocycles. The number of pyridine rings is 1. The third-order valence-electron chi connectivity index (χ3n) is 2.40. The van der Waals surface area contributed by atoms with E-state index < -0.39 is 28.6 Å². The van der Waals surface area contributed by atoms with Crippen LogP contribution in [0.4, 0.5) is 19.0 Å². The van der Waals surface area contributed by atoms with Gasteiger partial charge in [0.1, 0.15) is 11.5 Å². The molecule has 1 heterocycles. The Morgan fingerprint density at radius 3 is 2.60 bits per heavy atom. The van der Waals surface area contributed by atoms with E-state index in [1.54, 1.807) is 6.92 Å². The van der Waals surface area contributed by atoms with E-state index in [0.717, 1.165) is 6.07 Å². The molecule has 0 aliphatic rings. The molecular formula is C11H14F3N3O2S. The summed E-state index contributed by atoms with van der Waals surface area (Å²) in [4.78, 5) is 14.5. The fraction of sp³-hybridized carbons (Fsp3) is 0.455. The molecule has 3 N–H and O–H groups in total. The summed E-state index contributed by atoms with van der Waals surface area (Å²) >= 11 is 0. The molecule has 0 fully saturated rings. The summed E-state index contributed by atoms with van der Waals surface area (Å²) < 4.78 is 48.9. The van der Waals surface area contributed by atoms with Crippen LogP contribution in [-0.2, 0) is 17.0 Å². The molecule has 0 saturated heterocycles. The minimum absolute atomic E-state index is 0.134. The number of alkyl halides is 3. The van der Waals surface area contributed by atoms with Crippen molar-refractivity contribution in [1.82, 2.24) is 4.98 Å². The Kier molecular flexibility index (Phi) is 5.49. The summed E-state index contributed by atoms with van der Waals surface area (Å²) in [5.41, 5.74) is 3.81. The van der Waals surface area contributed by atoms with Crippen LogP contribution in [0.25, 0.3) is 0 Å². The van der Waals surface area contributed by atoms with Crippen LogP contribution in [0, 0.1) is 0 Å². The SMILES string of the molecule is CCS(=O)CCNc1nc(C(F)(F)F)ccc1C(N)=O. The molecule has 0 spiro atoms. The number of primary amides is 1. The smallest absolute Gasteiger partial charge is 0.368 e. The summed E-state index contributed by atoms with van der Waals surface area (Å²) in [5, 5.41) is 2.57. The monoisotopic (exact) mass is 309 g/mol. The van der Waals surface area contributed by atoms with Crippen molar-refractivity contribution in [3.8, 4) is 0 Å². The number of aromatic nitrogens is 1. The molecule has 0 bridgehead atoms. The van der Waals surface area contributed by atoms with E-state index >= 15 is 0 Å². The van der Waals surface area contributed by atoms with E-state index in [-0.39, 0.29) is 23.7 Å². The lowest BCUT2D eigenvalue weighted by Gasteiger charge is -2.12. The lowest BCUT2D eigenvalue weighted by Crippen LogP contribution is -2.20. The number of hydrogen-bond donors (Lipinski definition) is 2. The largest absolute Gasteiger partial charge is 0.433 e. The highest BCUT2D eigenvalue weighted by Crippen LogP contribution is 2.29. The Labute approximate surface area is 116 Å². The summed E-state index contributed by atoms with van der Waals surface area (Å²) in [5.74, 6) is -0.446. The van der Waals surface area contributed by atoms with Gasteiger partial charge in [-0.2, -0.15) is 13.2 Å². The van der Waals surface area contributed by atoms with Crippen molar-refractivity contribution in [3.63, 3.8) is 0 Å². The first kappa shape index (κ1) is 16.4. The molecule has 1 atom stereocenters. The zero-order valence-electron chi connectivity index (χ0n) is 10.7. The van der Waals surface area contributed by atoms with Crippen molar-refractivity contribution in [3.05, 3.63) is 23.4 Å². The number of rotatable bonds is 6. The van der Waals surface area contributed by atoms with E-state index in [9.17, 15) is 22.2 Å². The zero-order valence-corrected chi connectivity index (χ0v) is 11.5. The number of nitrogens with zero attached hydrogens (tertiary/aromatic N) is 1. The van der Waals surface area contributed by atoms with Gasteiger partial charge in [-0.3, -0.25) is 9.00 Å². The van der Waals surface area contributed by atoms with Gasteiger partial charge in [0.05, 0.1) is 5.56 Å². The maximum atomic E-state index is 12.6. The Morgan fingerprint density at radius 2 is 2.10 bits per heavy atom. The molecule has 0 aromatic carbocycles. The Bertz CT molecular complexity index is 520. The number of nitrogens with one attached hydrogen (secondary N) is 1. The molecule has 0 radical (unpaired) electrons. The number of carbonyl (C=O) groups is 1. The van der Waals surface area contributed by atoms with Crippen LogP contribution in [0.1, 0.15) is 23.0 Å². The second-order valence-electron chi connectivity index (χ2n) is 3.81. The van der Waals surface area contributed by atoms with Gasteiger partial charge < -0.3 is 11.1 Å². The van der Waals surface area contributed by atoms with Gasteiger partial charge >= 0.3 is 6.18 Å². The number of amides is 1. The number of halogens is 3. The molecule has 0 aliphatic carbocycles. The molecule has 0 aliphatic heterocycles. The molecular weight excluding hydrogens is 295 g/mol. The van der Waals surface area contributed by atoms with Crippen LogP contribution >= 0.6 is 0 Å². The van der Waals surface area contributed by atoms with Gasteiger partial charge in [-0.15, -0.1) is 0 Å². The van der Waals surface area contributed by atoms with Gasteiger partial charge in [-0.1, -0.05) is 6.92 Å². The summed E-state index contributed by atoms with van der Waals surface area (Å²) in [6.07, 6.45) is -4.61. The topological polar surface area (TPSA) is 85.1 Å². The van der Waals surface area contributed by atoms with Gasteiger partial charge in [0.2, 0.25) is 0 Å². The quantitative estimate of drug-likeness (QED) is 0.831. The predicted molar refractivity (Wildman–Crippen MR) is 69.8 cm³/mol. The first-order valence-corrected chi connectivity index (χ1v) is 7.21. The van der Waals surface area contributed by atoms with E-state index in [1.165, 1.54) is 0 Å². The van der Waals surface area contributed by atoms with Gasteiger partial charge in [0, 0.05) is 28.9 Å². The highest BCUT2D eigenvalue weighted by atomic mass is 32.2. The maximum Gasteiger partial charge on any atom is 0.433 e. The van der Waals surface area contributed by atoms with Crippen LogP contribution < -0.4 is 11.1 Å². The third-order valence-corrected chi connectivity index (χ3v) is 3.70. The number of hydrogen-bond acceptors (Lipinski definition) is 4. The first-order valence-electron chi connectivity index (χ1n) is 5.72. The standard InChI is InChI=1S/C11H14F3N3O2S/c1-2-20(19)6-5-16-10-7(9(15)18)3-4-8(17-10)11(12,13)14/h3-4H,2,5-6H2,1H3,(H2,15,18)(H,16,17). The van der Waals surface area contributed by atoms with Crippen LogP contribution in [0.3, 0.4) is 0 Å². The fourth-order valence-corrected chi connectivity index (χ4v) is 2.00. The van der Waals surface area contributed by atoms with Gasteiger partial charge in [-0.25, -0.2) is 4.98 Å². The Hall–Kier alpha value is -1.64. The normalized spacial score (nSPS) is 13.0. The summed E-state index contributed by atoms with van der Waals surface area (Å²) in [7, 11) is -1.07. The molecule has 1 amide bonds. The van der Waals surface area contributed by atoms with Crippen molar-refractivity contribution in [2.45, 2.75) is 13.1 Å². The molecule has 5 nitrogen and oxygen atoms in total.